The summed E-state index contributed by atoms with van der Waals surface area (Å²) in [6.07, 6.45) is 5.76. The first-order chi connectivity index (χ1) is 34.0. The summed E-state index contributed by atoms with van der Waals surface area (Å²) in [4.78, 5) is 40.7. The Morgan fingerprint density at radius 2 is 1.21 bits per heavy atom. The molecule has 0 unspecified atom stereocenters. The lowest BCUT2D eigenvalue weighted by Crippen LogP contribution is -2.47. The molecule has 3 N–H and O–H groups in total. The first-order valence-corrected chi connectivity index (χ1v) is 25.5. The number of aromatic nitrogens is 4. The van der Waals surface area contributed by atoms with Crippen molar-refractivity contribution in [3.63, 3.8) is 0 Å². The van der Waals surface area contributed by atoms with Crippen LogP contribution in [0.3, 0.4) is 0 Å². The van der Waals surface area contributed by atoms with Gasteiger partial charge >= 0.3 is 12.4 Å². The van der Waals surface area contributed by atoms with Gasteiger partial charge in [-0.2, -0.15) is 26.3 Å². The normalized spacial score (nSPS) is 26.4. The van der Waals surface area contributed by atoms with E-state index in [2.05, 4.69) is 48.3 Å². The van der Waals surface area contributed by atoms with Gasteiger partial charge in [0.05, 0.1) is 18.2 Å². The lowest BCUT2D eigenvalue weighted by molar-refractivity contribution is -0.138. The fourth-order valence-electron chi connectivity index (χ4n) is 13.3. The standard InChI is InChI=1S/C27H33F3N4O.C25H31F3N2O2.C2H4O2/c1-17-21-16-34(11-5-26(6-12-35-13-7-26)25-31-8-9-32-25)10-4-18(21)14-23-24(17)20-15-19(27(28,29)30)2-3-22(20)33-23;1-16-20-14-30(9-5-24(15-31)6-10-32-11-7-24)8-4-17(20)12-22-23(16)19-13-18(25(26,27)28)2-3-21(19)29-22;1-4-2-3/h2-3,8-9,15,17-18,21,33H,4-7,10-14,16H2,1H3,(H,31,32);2-3,13,15-17,20,29H,4-12,14H2,1H3;2H,1H3/t17-,18-,21-;16-,17-,20-;/m11./s1. The van der Waals surface area contributed by atoms with Crippen LogP contribution in [0.25, 0.3) is 21.8 Å². The van der Waals surface area contributed by atoms with Gasteiger partial charge in [-0.15, -0.1) is 0 Å². The van der Waals surface area contributed by atoms with Crippen LogP contribution < -0.4 is 0 Å². The van der Waals surface area contributed by atoms with Crippen molar-refractivity contribution >= 4 is 34.6 Å². The number of piperidine rings is 2. The highest BCUT2D eigenvalue weighted by Crippen LogP contribution is 2.49. The Hall–Kier alpha value is -4.71. The minimum absolute atomic E-state index is 0.0365. The maximum Gasteiger partial charge on any atom is 0.416 e. The molecule has 4 saturated heterocycles. The van der Waals surface area contributed by atoms with Crippen molar-refractivity contribution in [1.29, 1.82) is 0 Å². The van der Waals surface area contributed by atoms with E-state index >= 15 is 0 Å². The fourth-order valence-corrected chi connectivity index (χ4v) is 13.3. The van der Waals surface area contributed by atoms with Crippen LogP contribution in [-0.4, -0.2) is 115 Å². The lowest BCUT2D eigenvalue weighted by Gasteiger charge is -2.45. The third-order valence-corrected chi connectivity index (χ3v) is 17.5. The summed E-state index contributed by atoms with van der Waals surface area (Å²) in [5, 5.41) is 1.47. The molecule has 71 heavy (non-hydrogen) atoms. The number of aromatic amines is 3. The Balaban J connectivity index is 0.000000164. The number of aldehydes is 1. The largest absolute Gasteiger partial charge is 0.471 e. The van der Waals surface area contributed by atoms with Crippen molar-refractivity contribution < 1.29 is 50.1 Å². The van der Waals surface area contributed by atoms with Crippen LogP contribution in [0, 0.1) is 29.1 Å². The number of ether oxygens (including phenoxy) is 3. The second kappa shape index (κ2) is 21.0. The predicted octanol–water partition coefficient (Wildman–Crippen LogP) is 10.6. The third-order valence-electron chi connectivity index (χ3n) is 17.5. The average Bonchev–Trinajstić information content (AvgIpc) is 4.14. The number of fused-ring (bicyclic) bond motifs is 8. The molecule has 4 fully saturated rings. The number of likely N-dealkylation sites (tertiary alicyclic amines) is 2. The highest BCUT2D eigenvalue weighted by atomic mass is 19.4. The first-order valence-electron chi connectivity index (χ1n) is 25.5. The van der Waals surface area contributed by atoms with Crippen molar-refractivity contribution in [2.75, 3.05) is 72.8 Å². The predicted molar refractivity (Wildman–Crippen MR) is 258 cm³/mol. The van der Waals surface area contributed by atoms with Gasteiger partial charge in [0.1, 0.15) is 12.1 Å². The summed E-state index contributed by atoms with van der Waals surface area (Å²) in [5.74, 6) is 3.51. The van der Waals surface area contributed by atoms with Gasteiger partial charge in [-0.3, -0.25) is 4.79 Å². The molecule has 0 spiro atoms. The van der Waals surface area contributed by atoms with Crippen LogP contribution in [0.15, 0.2) is 48.8 Å². The maximum atomic E-state index is 13.4. The van der Waals surface area contributed by atoms with E-state index in [4.69, 9.17) is 14.3 Å². The molecule has 7 heterocycles. The van der Waals surface area contributed by atoms with Crippen LogP contribution in [0.1, 0.15) is 117 Å². The van der Waals surface area contributed by atoms with Gasteiger partial charge < -0.3 is 43.8 Å². The summed E-state index contributed by atoms with van der Waals surface area (Å²) in [5.41, 5.74) is 4.69. The van der Waals surface area contributed by atoms with Gasteiger partial charge in [0, 0.05) is 95.9 Å². The number of hydrogen-bond donors (Lipinski definition) is 3. The van der Waals surface area contributed by atoms with Gasteiger partial charge in [-0.25, -0.2) is 4.98 Å². The van der Waals surface area contributed by atoms with Gasteiger partial charge in [0.15, 0.2) is 0 Å². The van der Waals surface area contributed by atoms with Crippen molar-refractivity contribution in [2.45, 2.75) is 108 Å². The summed E-state index contributed by atoms with van der Waals surface area (Å²) < 4.78 is 95.2. The van der Waals surface area contributed by atoms with Crippen LogP contribution in [0.4, 0.5) is 26.3 Å². The SMILES string of the molecule is COC=O.C[C@H]1c2c([nH]c3ccc(C(F)(F)F)cc23)C[C@H]2CCN(CCC3(C=O)CCOCC3)C[C@@H]21.C[C@H]1c2c([nH]c3ccc(C(F)(F)F)cc23)C[C@H]2CCN(CCC3(c4ncc[nH]4)CCOCC3)C[C@@H]21. The summed E-state index contributed by atoms with van der Waals surface area (Å²) in [6, 6.07) is 8.20. The van der Waals surface area contributed by atoms with Crippen molar-refractivity contribution in [2.24, 2.45) is 29.1 Å². The number of halogens is 6. The Morgan fingerprint density at radius 3 is 1.65 bits per heavy atom. The zero-order valence-electron chi connectivity index (χ0n) is 41.0. The zero-order valence-corrected chi connectivity index (χ0v) is 41.0. The molecule has 2 aromatic carbocycles. The van der Waals surface area contributed by atoms with Crippen molar-refractivity contribution in [3.8, 4) is 0 Å². The fraction of sp³-hybridized carbons (Fsp3) is 0.611. The molecule has 2 aliphatic carbocycles. The number of alkyl halides is 6. The smallest absolute Gasteiger partial charge is 0.416 e. The van der Waals surface area contributed by atoms with E-state index in [0.717, 1.165) is 173 Å². The van der Waals surface area contributed by atoms with E-state index in [-0.39, 0.29) is 22.7 Å². The van der Waals surface area contributed by atoms with E-state index in [1.54, 1.807) is 12.1 Å². The molecule has 0 bridgehead atoms. The Kier molecular flexibility index (Phi) is 15.2. The number of carbonyl (C=O) groups excluding carboxylic acids is 2. The quantitative estimate of drug-likeness (QED) is 0.0984. The molecule has 6 aliphatic rings. The highest BCUT2D eigenvalue weighted by molar-refractivity contribution is 5.87. The average molecular weight is 995 g/mol. The molecule has 0 saturated carbocycles. The second-order valence-electron chi connectivity index (χ2n) is 21.3. The van der Waals surface area contributed by atoms with Crippen LogP contribution in [-0.2, 0) is 54.4 Å². The summed E-state index contributed by atoms with van der Waals surface area (Å²) in [6.45, 7) is 13.6. The Bertz CT molecular complexity index is 2600. The molecule has 17 heteroatoms. The van der Waals surface area contributed by atoms with E-state index in [0.29, 0.717) is 43.4 Å². The molecule has 5 aromatic rings. The Morgan fingerprint density at radius 1 is 0.732 bits per heavy atom. The molecule has 3 aromatic heterocycles. The monoisotopic (exact) mass is 995 g/mol. The number of hydrogen-bond acceptors (Lipinski definition) is 8. The minimum atomic E-state index is -4.33. The zero-order chi connectivity index (χ0) is 50.1. The number of carbonyl (C=O) groups is 2. The number of H-pyrrole nitrogens is 3. The number of methoxy groups -OCH3 is 1. The minimum Gasteiger partial charge on any atom is -0.471 e. The topological polar surface area (TPSA) is 129 Å². The number of imidazole rings is 1. The molecule has 6 atom stereocenters. The van der Waals surface area contributed by atoms with Crippen molar-refractivity contribution in [1.82, 2.24) is 29.7 Å². The first kappa shape index (κ1) is 51.2. The van der Waals surface area contributed by atoms with E-state index in [1.807, 2.05) is 12.4 Å². The van der Waals surface area contributed by atoms with Crippen LogP contribution >= 0.6 is 0 Å². The maximum absolute atomic E-state index is 13.4. The summed E-state index contributed by atoms with van der Waals surface area (Å²) >= 11 is 0. The Labute approximate surface area is 411 Å². The molecular formula is C54H68F6N6O5. The van der Waals surface area contributed by atoms with Crippen LogP contribution in [0.2, 0.25) is 0 Å². The lowest BCUT2D eigenvalue weighted by atomic mass is 9.68. The molecule has 4 aliphatic heterocycles. The molecule has 11 nitrogen and oxygen atoms in total. The van der Waals surface area contributed by atoms with E-state index in [9.17, 15) is 31.1 Å². The van der Waals surface area contributed by atoms with E-state index in [1.165, 1.54) is 31.4 Å². The van der Waals surface area contributed by atoms with Gasteiger partial charge in [-0.1, -0.05) is 13.8 Å². The molecule has 0 amide bonds. The van der Waals surface area contributed by atoms with Gasteiger partial charge in [-0.05, 0) is 173 Å². The number of nitrogens with one attached hydrogen (secondary N) is 3. The van der Waals surface area contributed by atoms with Crippen molar-refractivity contribution in [3.05, 3.63) is 88.3 Å². The molecule has 0 radical (unpaired) electrons. The van der Waals surface area contributed by atoms with Gasteiger partial charge in [0.2, 0.25) is 0 Å². The molecule has 386 valence electrons. The van der Waals surface area contributed by atoms with E-state index < -0.39 is 23.5 Å². The molecular weight excluding hydrogens is 927 g/mol. The third kappa shape index (κ3) is 10.7. The number of nitrogens with zero attached hydrogens (tertiary/aromatic N) is 3. The number of rotatable bonds is 9. The second-order valence-corrected chi connectivity index (χ2v) is 21.3. The summed E-state index contributed by atoms with van der Waals surface area (Å²) in [7, 11) is 1.31. The van der Waals surface area contributed by atoms with Gasteiger partial charge in [0.25, 0.3) is 6.47 Å². The van der Waals surface area contributed by atoms with Crippen LogP contribution in [0.5, 0.6) is 0 Å². The highest BCUT2D eigenvalue weighted by Gasteiger charge is 2.44. The number of benzene rings is 2. The molecule has 11 rings (SSSR count).